The Kier molecular flexibility index (Phi) is 5.05. The summed E-state index contributed by atoms with van der Waals surface area (Å²) in [7, 11) is 1.52. The quantitative estimate of drug-likeness (QED) is 0.558. The Morgan fingerprint density at radius 3 is 2.62 bits per heavy atom. The van der Waals surface area contributed by atoms with Crippen LogP contribution in [0.2, 0.25) is 0 Å². The van der Waals surface area contributed by atoms with Crippen LogP contribution in [0.5, 0.6) is 0 Å². The van der Waals surface area contributed by atoms with Gasteiger partial charge < -0.3 is 20.4 Å². The zero-order chi connectivity index (χ0) is 9.14. The molecule has 3 N–H and O–H groups in total. The number of amides is 1. The van der Waals surface area contributed by atoms with Gasteiger partial charge in [-0.25, -0.2) is 4.79 Å². The van der Waals surface area contributed by atoms with Crippen LogP contribution in [0.4, 0.5) is 4.79 Å². The minimum Gasteiger partial charge on any atom is -0.465 e. The van der Waals surface area contributed by atoms with E-state index in [2.05, 4.69) is 5.32 Å². The zero-order valence-corrected chi connectivity index (χ0v) is 8.25. The molecule has 0 spiro atoms. The van der Waals surface area contributed by atoms with E-state index in [0.717, 1.165) is 0 Å². The minimum atomic E-state index is -0.948. The van der Waals surface area contributed by atoms with E-state index in [1.807, 2.05) is 0 Å². The lowest BCUT2D eigenvalue weighted by Gasteiger charge is -2.32. The Labute approximate surface area is 83.1 Å². The van der Waals surface area contributed by atoms with Crippen LogP contribution < -0.4 is 5.32 Å². The molecule has 0 aromatic rings. The molecule has 0 bridgehead atoms. The number of halogens is 1. The fourth-order valence-electron chi connectivity index (χ4n) is 1.35. The number of β-amino-alcohol motifs (C(OH)–C–C–N with tert-alkyl or cyclic N) is 1. The zero-order valence-electron chi connectivity index (χ0n) is 7.43. The molecule has 0 saturated carbocycles. The Balaban J connectivity index is 0.00000144. The van der Waals surface area contributed by atoms with Gasteiger partial charge in [0.2, 0.25) is 0 Å². The Morgan fingerprint density at radius 1 is 1.54 bits per heavy atom. The van der Waals surface area contributed by atoms with Crippen LogP contribution in [0.15, 0.2) is 0 Å². The molecule has 13 heavy (non-hydrogen) atoms. The van der Waals surface area contributed by atoms with Crippen molar-refractivity contribution in [2.75, 3.05) is 20.1 Å². The van der Waals surface area contributed by atoms with Gasteiger partial charge >= 0.3 is 6.09 Å². The van der Waals surface area contributed by atoms with E-state index in [0.29, 0.717) is 19.5 Å². The molecule has 0 aliphatic carbocycles. The first kappa shape index (κ1) is 12.5. The maximum absolute atomic E-state index is 10.5. The molecule has 1 fully saturated rings. The molecule has 1 aliphatic rings. The number of hydrogen-bond acceptors (Lipinski definition) is 3. The number of carbonyl (C=O) groups is 1. The predicted octanol–water partition coefficient (Wildman–Crippen LogP) is -0.259. The van der Waals surface area contributed by atoms with Crippen molar-refractivity contribution in [2.45, 2.75) is 18.6 Å². The third-order valence-corrected chi connectivity index (χ3v) is 2.15. The minimum absolute atomic E-state index is 0. The van der Waals surface area contributed by atoms with Crippen molar-refractivity contribution in [1.29, 1.82) is 0 Å². The average Bonchev–Trinajstić information content (AvgIpc) is 2.03. The molecule has 0 aromatic carbocycles. The molecule has 1 heterocycles. The lowest BCUT2D eigenvalue weighted by Crippen LogP contribution is -2.51. The number of piperidine rings is 1. The smallest absolute Gasteiger partial charge is 0.407 e. The molecule has 1 rings (SSSR count). The van der Waals surface area contributed by atoms with Gasteiger partial charge in [0.15, 0.2) is 0 Å². The van der Waals surface area contributed by atoms with Crippen molar-refractivity contribution in [3.8, 4) is 0 Å². The highest BCUT2D eigenvalue weighted by Crippen LogP contribution is 2.08. The first-order valence-corrected chi connectivity index (χ1v) is 3.96. The first-order chi connectivity index (χ1) is 5.61. The van der Waals surface area contributed by atoms with Crippen molar-refractivity contribution >= 4 is 18.5 Å². The summed E-state index contributed by atoms with van der Waals surface area (Å²) in [5.74, 6) is 0. The highest BCUT2D eigenvalue weighted by Gasteiger charge is 2.25. The van der Waals surface area contributed by atoms with E-state index < -0.39 is 12.2 Å². The number of likely N-dealkylation sites (N-methyl/N-ethyl adjacent to an activating group) is 1. The topological polar surface area (TPSA) is 72.8 Å². The molecule has 78 valence electrons. The van der Waals surface area contributed by atoms with Crippen molar-refractivity contribution < 1.29 is 15.0 Å². The summed E-state index contributed by atoms with van der Waals surface area (Å²) >= 11 is 0. The predicted molar refractivity (Wildman–Crippen MR) is 50.3 cm³/mol. The summed E-state index contributed by atoms with van der Waals surface area (Å²) in [4.78, 5) is 11.8. The molecule has 5 nitrogen and oxygen atoms in total. The fraction of sp³-hybridized carbons (Fsp3) is 0.857. The number of aliphatic hydroxyl groups excluding tert-OH is 1. The van der Waals surface area contributed by atoms with Crippen molar-refractivity contribution in [2.24, 2.45) is 0 Å². The normalized spacial score (nSPS) is 27.5. The third-order valence-electron chi connectivity index (χ3n) is 2.15. The second kappa shape index (κ2) is 5.26. The summed E-state index contributed by atoms with van der Waals surface area (Å²) in [5, 5.41) is 20.8. The van der Waals surface area contributed by atoms with Gasteiger partial charge in [-0.2, -0.15) is 0 Å². The highest BCUT2D eigenvalue weighted by molar-refractivity contribution is 5.85. The highest BCUT2D eigenvalue weighted by atomic mass is 35.5. The van der Waals surface area contributed by atoms with Crippen molar-refractivity contribution in [3.63, 3.8) is 0 Å². The van der Waals surface area contributed by atoms with Gasteiger partial charge in [-0.1, -0.05) is 0 Å². The lowest BCUT2D eigenvalue weighted by atomic mass is 10.0. The fourth-order valence-corrected chi connectivity index (χ4v) is 1.35. The second-order valence-electron chi connectivity index (χ2n) is 3.10. The Hall–Kier alpha value is -0.520. The molecule has 1 aliphatic heterocycles. The van der Waals surface area contributed by atoms with Crippen LogP contribution in [-0.4, -0.2) is 53.5 Å². The van der Waals surface area contributed by atoms with Crippen LogP contribution in [0.3, 0.4) is 0 Å². The van der Waals surface area contributed by atoms with Gasteiger partial charge in [-0.3, -0.25) is 0 Å². The molecular weight excluding hydrogens is 196 g/mol. The third kappa shape index (κ3) is 3.38. The molecule has 1 saturated heterocycles. The number of carboxylic acid groups (broad SMARTS) is 1. The summed E-state index contributed by atoms with van der Waals surface area (Å²) in [6, 6.07) is -0.105. The van der Waals surface area contributed by atoms with Crippen LogP contribution in [0, 0.1) is 0 Å². The summed E-state index contributed by atoms with van der Waals surface area (Å²) in [6.07, 6.45) is -0.850. The molecule has 0 unspecified atom stereocenters. The molecule has 1 amide bonds. The number of nitrogens with zero attached hydrogens (tertiary/aromatic N) is 1. The summed E-state index contributed by atoms with van der Waals surface area (Å²) in [5.41, 5.74) is 0. The average molecular weight is 211 g/mol. The van der Waals surface area contributed by atoms with Gasteiger partial charge in [0.25, 0.3) is 0 Å². The van der Waals surface area contributed by atoms with E-state index >= 15 is 0 Å². The molecule has 2 atom stereocenters. The van der Waals surface area contributed by atoms with Crippen molar-refractivity contribution in [1.82, 2.24) is 10.2 Å². The maximum atomic E-state index is 10.5. The number of rotatable bonds is 1. The van der Waals surface area contributed by atoms with E-state index in [1.165, 1.54) is 11.9 Å². The van der Waals surface area contributed by atoms with E-state index in [1.54, 1.807) is 0 Å². The number of aliphatic hydroxyl groups is 1. The number of hydrogen-bond donors (Lipinski definition) is 3. The second-order valence-corrected chi connectivity index (χ2v) is 3.10. The Morgan fingerprint density at radius 2 is 2.15 bits per heavy atom. The van der Waals surface area contributed by atoms with Gasteiger partial charge in [0.05, 0.1) is 6.10 Å². The SMILES string of the molecule is CN(C(=O)O)[C@H]1CNC[C@H](O)C1.Cl. The summed E-state index contributed by atoms with van der Waals surface area (Å²) < 4.78 is 0. The molecule has 0 aromatic heterocycles. The van der Waals surface area contributed by atoms with Crippen LogP contribution >= 0.6 is 12.4 Å². The monoisotopic (exact) mass is 210 g/mol. The summed E-state index contributed by atoms with van der Waals surface area (Å²) in [6.45, 7) is 1.18. The van der Waals surface area contributed by atoms with Crippen LogP contribution in [0.1, 0.15) is 6.42 Å². The molecule has 0 radical (unpaired) electrons. The van der Waals surface area contributed by atoms with E-state index in [4.69, 9.17) is 5.11 Å². The van der Waals surface area contributed by atoms with Gasteiger partial charge in [-0.15, -0.1) is 12.4 Å². The maximum Gasteiger partial charge on any atom is 0.407 e. The Bertz CT molecular complexity index is 179. The standard InChI is InChI=1S/C7H14N2O3.ClH/c1-9(7(11)12)5-2-6(10)4-8-3-5;/h5-6,8,10H,2-4H2,1H3,(H,11,12);1H/t5-,6-;/m1./s1. The molecule has 6 heteroatoms. The largest absolute Gasteiger partial charge is 0.465 e. The lowest BCUT2D eigenvalue weighted by molar-refractivity contribution is 0.0795. The van der Waals surface area contributed by atoms with E-state index in [-0.39, 0.29) is 18.4 Å². The van der Waals surface area contributed by atoms with Crippen LogP contribution in [0.25, 0.3) is 0 Å². The van der Waals surface area contributed by atoms with Gasteiger partial charge in [-0.05, 0) is 6.42 Å². The van der Waals surface area contributed by atoms with Gasteiger partial charge in [0, 0.05) is 26.2 Å². The number of nitrogens with one attached hydrogen (secondary N) is 1. The van der Waals surface area contributed by atoms with E-state index in [9.17, 15) is 9.90 Å². The van der Waals surface area contributed by atoms with Crippen molar-refractivity contribution in [3.05, 3.63) is 0 Å². The first-order valence-electron chi connectivity index (χ1n) is 3.96. The van der Waals surface area contributed by atoms with Gasteiger partial charge in [0.1, 0.15) is 0 Å². The van der Waals surface area contributed by atoms with Crippen LogP contribution in [-0.2, 0) is 0 Å². The molecular formula is C7H15ClN2O3.